The van der Waals surface area contributed by atoms with Gasteiger partial charge in [-0.2, -0.15) is 0 Å². The summed E-state index contributed by atoms with van der Waals surface area (Å²) in [6.45, 7) is -0.0699. The summed E-state index contributed by atoms with van der Waals surface area (Å²) >= 11 is 12.0. The van der Waals surface area contributed by atoms with E-state index in [2.05, 4.69) is 4.99 Å². The normalized spacial score (nSPS) is 12.7. The second-order valence-electron chi connectivity index (χ2n) is 5.61. The molecule has 0 spiro atoms. The Balaban J connectivity index is 2.30. The molecule has 0 aliphatic rings. The van der Waals surface area contributed by atoms with Crippen LogP contribution in [-0.2, 0) is 6.42 Å². The Morgan fingerprint density at radius 2 is 2.07 bits per heavy atom. The molecule has 0 aliphatic heterocycles. The Morgan fingerprint density at radius 3 is 2.64 bits per heavy atom. The van der Waals surface area contributed by atoms with Crippen molar-refractivity contribution >= 4 is 46.7 Å². The zero-order chi connectivity index (χ0) is 20.8. The van der Waals surface area contributed by atoms with Gasteiger partial charge in [0.25, 0.3) is 0 Å². The molecule has 0 aliphatic carbocycles. The second kappa shape index (κ2) is 9.70. The Morgan fingerprint density at radius 1 is 1.36 bits per heavy atom. The number of nitrogens with zero attached hydrogens (tertiary/aromatic N) is 1. The van der Waals surface area contributed by atoms with Crippen molar-refractivity contribution in [3.8, 4) is 0 Å². The molecule has 1 heterocycles. The minimum absolute atomic E-state index is 0.0637. The van der Waals surface area contributed by atoms with E-state index in [1.54, 1.807) is 12.4 Å². The molecular weight excluding hydrogens is 413 g/mol. The zero-order valence-electron chi connectivity index (χ0n) is 14.7. The van der Waals surface area contributed by atoms with Crippen LogP contribution in [0.25, 0.3) is 5.70 Å². The molecule has 2 aromatic rings. The Labute approximate surface area is 169 Å². The molecule has 2 rings (SSSR count). The first kappa shape index (κ1) is 21.9. The number of aliphatic imine (C=N–C) groups is 1. The SMILES string of the molecule is C[NH2+]/C(=C(/Cl)C=N)c1cc(C(=O)N=C(CN)Cc2ccc(F)c(F)c2)oc1Cl. The van der Waals surface area contributed by atoms with Crippen molar-refractivity contribution in [1.82, 2.24) is 0 Å². The number of allylic oxidation sites excluding steroid dienone is 1. The molecule has 148 valence electrons. The van der Waals surface area contributed by atoms with Crippen LogP contribution in [-0.4, -0.2) is 31.4 Å². The summed E-state index contributed by atoms with van der Waals surface area (Å²) in [4.78, 5) is 16.3. The van der Waals surface area contributed by atoms with Crippen molar-refractivity contribution in [1.29, 1.82) is 5.41 Å². The van der Waals surface area contributed by atoms with E-state index in [1.807, 2.05) is 0 Å². The van der Waals surface area contributed by atoms with Crippen molar-refractivity contribution in [2.75, 3.05) is 13.6 Å². The van der Waals surface area contributed by atoms with Crippen LogP contribution in [0.5, 0.6) is 0 Å². The maximum absolute atomic E-state index is 13.3. The lowest BCUT2D eigenvalue weighted by Crippen LogP contribution is -2.76. The first-order valence-electron chi connectivity index (χ1n) is 8.04. The number of halogens is 4. The number of carbonyl (C=O) groups is 1. The fourth-order valence-corrected chi connectivity index (χ4v) is 2.85. The largest absolute Gasteiger partial charge is 0.439 e. The van der Waals surface area contributed by atoms with Gasteiger partial charge < -0.3 is 20.9 Å². The first-order chi connectivity index (χ1) is 13.3. The molecule has 0 atom stereocenters. The summed E-state index contributed by atoms with van der Waals surface area (Å²) in [5, 5.41) is 8.90. The lowest BCUT2D eigenvalue weighted by Gasteiger charge is -2.04. The summed E-state index contributed by atoms with van der Waals surface area (Å²) in [6.07, 6.45) is 1.00. The highest BCUT2D eigenvalue weighted by Gasteiger charge is 2.22. The molecule has 0 saturated heterocycles. The highest BCUT2D eigenvalue weighted by Crippen LogP contribution is 2.27. The monoisotopic (exact) mass is 429 g/mol. The summed E-state index contributed by atoms with van der Waals surface area (Å²) in [5.74, 6) is -2.85. The predicted octanol–water partition coefficient (Wildman–Crippen LogP) is 2.74. The lowest BCUT2D eigenvalue weighted by molar-refractivity contribution is -0.530. The van der Waals surface area contributed by atoms with Crippen molar-refractivity contribution in [2.24, 2.45) is 10.7 Å². The molecule has 5 N–H and O–H groups in total. The number of nitrogens with two attached hydrogens (primary N) is 2. The summed E-state index contributed by atoms with van der Waals surface area (Å²) in [6, 6.07) is 4.74. The van der Waals surface area contributed by atoms with Crippen molar-refractivity contribution in [3.63, 3.8) is 0 Å². The summed E-state index contributed by atoms with van der Waals surface area (Å²) in [5.41, 5.74) is 7.04. The predicted molar refractivity (Wildman–Crippen MR) is 104 cm³/mol. The van der Waals surface area contributed by atoms with Gasteiger partial charge in [0, 0.05) is 31.0 Å². The van der Waals surface area contributed by atoms with Crippen LogP contribution in [0.4, 0.5) is 8.78 Å². The van der Waals surface area contributed by atoms with Crippen LogP contribution in [0.3, 0.4) is 0 Å². The molecule has 6 nitrogen and oxygen atoms in total. The number of nitrogens with one attached hydrogen (secondary N) is 1. The molecule has 28 heavy (non-hydrogen) atoms. The van der Waals surface area contributed by atoms with E-state index in [4.69, 9.17) is 38.8 Å². The number of amides is 1. The number of furan rings is 1. The van der Waals surface area contributed by atoms with E-state index in [1.165, 1.54) is 12.1 Å². The second-order valence-corrected chi connectivity index (χ2v) is 6.36. The van der Waals surface area contributed by atoms with Crippen LogP contribution >= 0.6 is 23.2 Å². The molecule has 1 aromatic carbocycles. The Hall–Kier alpha value is -2.39. The molecule has 10 heteroatoms. The maximum Gasteiger partial charge on any atom is 0.312 e. The number of hydrogen-bond donors (Lipinski definition) is 3. The highest BCUT2D eigenvalue weighted by atomic mass is 35.5. The van der Waals surface area contributed by atoms with E-state index in [9.17, 15) is 13.6 Å². The summed E-state index contributed by atoms with van der Waals surface area (Å²) in [7, 11) is 1.69. The van der Waals surface area contributed by atoms with Gasteiger partial charge in [-0.15, -0.1) is 0 Å². The fourth-order valence-electron chi connectivity index (χ4n) is 2.40. The van der Waals surface area contributed by atoms with Crippen LogP contribution in [0.1, 0.15) is 21.7 Å². The van der Waals surface area contributed by atoms with Crippen LogP contribution < -0.4 is 11.1 Å². The van der Waals surface area contributed by atoms with Gasteiger partial charge in [0.05, 0.1) is 12.6 Å². The zero-order valence-corrected chi connectivity index (χ0v) is 16.2. The van der Waals surface area contributed by atoms with Crippen molar-refractivity contribution in [2.45, 2.75) is 6.42 Å². The Kier molecular flexibility index (Phi) is 7.59. The molecule has 1 aromatic heterocycles. The van der Waals surface area contributed by atoms with Crippen LogP contribution in [0.2, 0.25) is 5.22 Å². The quantitative estimate of drug-likeness (QED) is 0.588. The minimum Gasteiger partial charge on any atom is -0.439 e. The molecule has 0 saturated carbocycles. The third-order valence-corrected chi connectivity index (χ3v) is 4.34. The third-order valence-electron chi connectivity index (χ3n) is 3.75. The first-order valence-corrected chi connectivity index (χ1v) is 8.80. The van der Waals surface area contributed by atoms with Crippen molar-refractivity contribution in [3.05, 3.63) is 63.0 Å². The van der Waals surface area contributed by atoms with E-state index in [-0.39, 0.29) is 34.7 Å². The maximum atomic E-state index is 13.3. The van der Waals surface area contributed by atoms with Crippen LogP contribution in [0.15, 0.2) is 38.7 Å². The minimum atomic E-state index is -0.999. The van der Waals surface area contributed by atoms with E-state index in [0.29, 0.717) is 16.8 Å². The topological polar surface area (TPSA) is 109 Å². The van der Waals surface area contributed by atoms with Crippen molar-refractivity contribution < 1.29 is 23.3 Å². The number of benzene rings is 1. The van der Waals surface area contributed by atoms with Gasteiger partial charge in [-0.25, -0.2) is 13.8 Å². The van der Waals surface area contributed by atoms with Gasteiger partial charge in [-0.1, -0.05) is 17.7 Å². The average Bonchev–Trinajstić information content (AvgIpc) is 3.06. The number of rotatable bonds is 7. The van der Waals surface area contributed by atoms with Gasteiger partial charge in [-0.3, -0.25) is 4.79 Å². The lowest BCUT2D eigenvalue weighted by atomic mass is 10.1. The Bertz CT molecular complexity index is 970. The van der Waals surface area contributed by atoms with E-state index < -0.39 is 17.5 Å². The highest BCUT2D eigenvalue weighted by molar-refractivity contribution is 6.42. The van der Waals surface area contributed by atoms with E-state index >= 15 is 0 Å². The van der Waals surface area contributed by atoms with Gasteiger partial charge in [0.15, 0.2) is 23.1 Å². The number of hydrogen-bond acceptors (Lipinski definition) is 4. The van der Waals surface area contributed by atoms with Gasteiger partial charge in [-0.05, 0) is 29.3 Å². The van der Waals surface area contributed by atoms with Gasteiger partial charge in [0.1, 0.15) is 5.03 Å². The number of quaternary nitrogens is 1. The molecule has 0 fully saturated rings. The summed E-state index contributed by atoms with van der Waals surface area (Å²) < 4.78 is 31.6. The number of carbonyl (C=O) groups excluding carboxylic acids is 1. The van der Waals surface area contributed by atoms with E-state index in [0.717, 1.165) is 18.3 Å². The standard InChI is InChI=1S/C18H16Cl2F2N4O2/c1-25-16(12(19)8-24)11-6-15(28-17(11)20)18(27)26-10(7-23)4-9-2-3-13(21)14(22)5-9/h2-3,5-6,8,24-25H,4,7,23H2,1H3/p+1/b16-12+,24-8?,26-10?. The smallest absolute Gasteiger partial charge is 0.312 e. The average molecular weight is 430 g/mol. The molecule has 0 radical (unpaired) electrons. The van der Waals surface area contributed by atoms with Crippen LogP contribution in [0, 0.1) is 17.0 Å². The fraction of sp³-hybridized carbons (Fsp3) is 0.167. The molecule has 0 bridgehead atoms. The molecule has 0 unspecified atom stereocenters. The molecule has 1 amide bonds. The van der Waals surface area contributed by atoms with Gasteiger partial charge in [0.2, 0.25) is 5.22 Å². The molecular formula is C18H17Cl2F2N4O2+. The third kappa shape index (κ3) is 5.11. The van der Waals surface area contributed by atoms with Gasteiger partial charge >= 0.3 is 5.91 Å².